The minimum Gasteiger partial charge on any atom is -0.452 e. The van der Waals surface area contributed by atoms with E-state index in [1.54, 1.807) is 24.3 Å². The number of halogens is 4. The molecule has 1 aromatic heterocycles. The van der Waals surface area contributed by atoms with Crippen molar-refractivity contribution in [3.8, 4) is 5.75 Å². The maximum absolute atomic E-state index is 13.2. The summed E-state index contributed by atoms with van der Waals surface area (Å²) in [6.45, 7) is -0.525. The molecule has 4 rings (SSSR count). The van der Waals surface area contributed by atoms with E-state index in [9.17, 15) is 27.9 Å². The van der Waals surface area contributed by atoms with Crippen LogP contribution < -0.4 is 26.2 Å². The Bertz CT molecular complexity index is 1320. The molecule has 0 spiro atoms. The zero-order valence-corrected chi connectivity index (χ0v) is 18.6. The van der Waals surface area contributed by atoms with Gasteiger partial charge in [-0.3, -0.25) is 13.9 Å². The van der Waals surface area contributed by atoms with Gasteiger partial charge < -0.3 is 20.1 Å². The molecule has 3 aromatic rings. The van der Waals surface area contributed by atoms with E-state index < -0.39 is 35.9 Å². The SMILES string of the molecule is Cn1c2c(c(=O)n(CCO)c1=O)N(Cc1ccc(Cl)cc1)C(Oc1cccc(C(F)(F)F)c1)N2. The summed E-state index contributed by atoms with van der Waals surface area (Å²) in [6.07, 6.45) is -5.66. The summed E-state index contributed by atoms with van der Waals surface area (Å²) in [4.78, 5) is 27.3. The molecule has 8 nitrogen and oxygen atoms in total. The quantitative estimate of drug-likeness (QED) is 0.545. The highest BCUT2D eigenvalue weighted by Crippen LogP contribution is 2.35. The Labute approximate surface area is 196 Å². The molecule has 0 radical (unpaired) electrons. The van der Waals surface area contributed by atoms with Crippen molar-refractivity contribution in [2.24, 2.45) is 7.05 Å². The number of alkyl halides is 3. The Kier molecular flexibility index (Phi) is 6.32. The van der Waals surface area contributed by atoms with Gasteiger partial charge in [0.25, 0.3) is 11.9 Å². The summed E-state index contributed by atoms with van der Waals surface area (Å²) in [6, 6.07) is 11.1. The number of aliphatic hydroxyl groups excluding tert-OH is 1. The fourth-order valence-corrected chi connectivity index (χ4v) is 3.83. The van der Waals surface area contributed by atoms with Crippen molar-refractivity contribution < 1.29 is 23.0 Å². The zero-order chi connectivity index (χ0) is 24.6. The second kappa shape index (κ2) is 9.07. The van der Waals surface area contributed by atoms with Gasteiger partial charge in [0.2, 0.25) is 0 Å². The van der Waals surface area contributed by atoms with Gasteiger partial charge in [0.05, 0.1) is 18.7 Å². The lowest BCUT2D eigenvalue weighted by Crippen LogP contribution is -2.43. The van der Waals surface area contributed by atoms with E-state index in [-0.39, 0.29) is 30.3 Å². The molecule has 1 aliphatic rings. The zero-order valence-electron chi connectivity index (χ0n) is 17.8. The van der Waals surface area contributed by atoms with Gasteiger partial charge in [-0.2, -0.15) is 13.2 Å². The number of hydrogen-bond donors (Lipinski definition) is 2. The van der Waals surface area contributed by atoms with Crippen LogP contribution in [-0.4, -0.2) is 27.2 Å². The average Bonchev–Trinajstić information content (AvgIpc) is 3.14. The minimum atomic E-state index is -4.56. The lowest BCUT2D eigenvalue weighted by molar-refractivity contribution is -0.137. The molecule has 2 aromatic carbocycles. The first-order valence-electron chi connectivity index (χ1n) is 10.2. The Morgan fingerprint density at radius 1 is 1.15 bits per heavy atom. The van der Waals surface area contributed by atoms with Crippen molar-refractivity contribution >= 4 is 23.1 Å². The normalized spacial score (nSPS) is 15.2. The number of nitrogens with zero attached hydrogens (tertiary/aromatic N) is 3. The molecule has 0 fully saturated rings. The lowest BCUT2D eigenvalue weighted by Gasteiger charge is -2.27. The average molecular weight is 497 g/mol. The van der Waals surface area contributed by atoms with Crippen LogP contribution in [0.4, 0.5) is 24.7 Å². The van der Waals surface area contributed by atoms with E-state index in [4.69, 9.17) is 16.3 Å². The van der Waals surface area contributed by atoms with Gasteiger partial charge in [-0.1, -0.05) is 29.8 Å². The number of nitrogens with one attached hydrogen (secondary N) is 1. The molecule has 0 saturated heterocycles. The summed E-state index contributed by atoms with van der Waals surface area (Å²) in [7, 11) is 1.44. The van der Waals surface area contributed by atoms with Crippen LogP contribution in [0.25, 0.3) is 0 Å². The van der Waals surface area contributed by atoms with Crippen molar-refractivity contribution in [1.82, 2.24) is 9.13 Å². The highest BCUT2D eigenvalue weighted by Gasteiger charge is 2.37. The number of fused-ring (bicyclic) bond motifs is 1. The van der Waals surface area contributed by atoms with Crippen LogP contribution in [-0.2, 0) is 26.3 Å². The third kappa shape index (κ3) is 4.48. The lowest BCUT2D eigenvalue weighted by atomic mass is 10.2. The molecule has 0 saturated carbocycles. The molecule has 0 amide bonds. The van der Waals surface area contributed by atoms with E-state index in [0.717, 1.165) is 22.3 Å². The molecule has 1 aliphatic heterocycles. The molecule has 0 bridgehead atoms. The van der Waals surface area contributed by atoms with Crippen LogP contribution in [0.3, 0.4) is 0 Å². The van der Waals surface area contributed by atoms with Gasteiger partial charge in [-0.15, -0.1) is 0 Å². The summed E-state index contributed by atoms with van der Waals surface area (Å²) in [5.41, 5.74) is -1.39. The Hall–Kier alpha value is -3.44. The van der Waals surface area contributed by atoms with E-state index >= 15 is 0 Å². The number of hydrogen-bond acceptors (Lipinski definition) is 6. The molecular weight excluding hydrogens is 477 g/mol. The molecule has 2 N–H and O–H groups in total. The van der Waals surface area contributed by atoms with E-state index in [1.165, 1.54) is 28.6 Å². The van der Waals surface area contributed by atoms with Crippen LogP contribution >= 0.6 is 11.6 Å². The largest absolute Gasteiger partial charge is 0.452 e. The predicted molar refractivity (Wildman–Crippen MR) is 120 cm³/mol. The van der Waals surface area contributed by atoms with Gasteiger partial charge in [0.15, 0.2) is 0 Å². The van der Waals surface area contributed by atoms with E-state index in [1.807, 2.05) is 0 Å². The molecular formula is C22H20ClF3N4O4. The first-order valence-corrected chi connectivity index (χ1v) is 10.5. The van der Waals surface area contributed by atoms with E-state index in [2.05, 4.69) is 5.32 Å². The fourth-order valence-electron chi connectivity index (χ4n) is 3.70. The fraction of sp³-hybridized carbons (Fsp3) is 0.273. The Morgan fingerprint density at radius 3 is 2.50 bits per heavy atom. The molecule has 1 unspecified atom stereocenters. The monoisotopic (exact) mass is 496 g/mol. The van der Waals surface area contributed by atoms with E-state index in [0.29, 0.717) is 5.02 Å². The summed E-state index contributed by atoms with van der Waals surface area (Å²) in [5, 5.41) is 12.7. The van der Waals surface area contributed by atoms with Crippen LogP contribution in [0.2, 0.25) is 5.02 Å². The summed E-state index contributed by atoms with van der Waals surface area (Å²) >= 11 is 5.96. The van der Waals surface area contributed by atoms with Crippen molar-refractivity contribution in [2.75, 3.05) is 16.8 Å². The van der Waals surface area contributed by atoms with Crippen molar-refractivity contribution in [1.29, 1.82) is 0 Å². The molecule has 180 valence electrons. The number of rotatable bonds is 6. The number of ether oxygens (including phenoxy) is 1. The van der Waals surface area contributed by atoms with Crippen LogP contribution in [0, 0.1) is 0 Å². The van der Waals surface area contributed by atoms with Crippen LogP contribution in [0.5, 0.6) is 5.75 Å². The smallest absolute Gasteiger partial charge is 0.416 e. The van der Waals surface area contributed by atoms with Gasteiger partial charge in [-0.25, -0.2) is 4.79 Å². The van der Waals surface area contributed by atoms with Crippen molar-refractivity contribution in [3.63, 3.8) is 0 Å². The predicted octanol–water partition coefficient (Wildman–Crippen LogP) is 3.01. The molecule has 1 atom stereocenters. The standard InChI is InChI=1S/C22H20ClF3N4O4/c1-28-18-17(19(32)29(9-10-31)21(28)33)30(12-13-5-7-15(23)8-6-13)20(27-18)34-16-4-2-3-14(11-16)22(24,25)26/h2-8,11,20,27,31H,9-10,12H2,1H3. The second-order valence-corrected chi connectivity index (χ2v) is 8.05. The van der Waals surface area contributed by atoms with Gasteiger partial charge >= 0.3 is 11.9 Å². The first kappa shape index (κ1) is 23.7. The van der Waals surface area contributed by atoms with Gasteiger partial charge in [0, 0.05) is 18.6 Å². The number of anilines is 2. The van der Waals surface area contributed by atoms with Crippen molar-refractivity contribution in [2.45, 2.75) is 25.6 Å². The topological polar surface area (TPSA) is 88.7 Å². The van der Waals surface area contributed by atoms with Gasteiger partial charge in [0.1, 0.15) is 17.3 Å². The van der Waals surface area contributed by atoms with Crippen LogP contribution in [0.15, 0.2) is 58.1 Å². The highest BCUT2D eigenvalue weighted by molar-refractivity contribution is 6.30. The maximum Gasteiger partial charge on any atom is 0.416 e. The Balaban J connectivity index is 1.78. The van der Waals surface area contributed by atoms with Crippen LogP contribution in [0.1, 0.15) is 11.1 Å². The third-order valence-electron chi connectivity index (χ3n) is 5.35. The molecule has 12 heteroatoms. The van der Waals surface area contributed by atoms with Crippen molar-refractivity contribution in [3.05, 3.63) is 85.5 Å². The maximum atomic E-state index is 13.2. The van der Waals surface area contributed by atoms with Gasteiger partial charge in [-0.05, 0) is 35.9 Å². The number of aliphatic hydroxyl groups is 1. The molecule has 0 aliphatic carbocycles. The second-order valence-electron chi connectivity index (χ2n) is 7.61. The number of benzene rings is 2. The molecule has 2 heterocycles. The number of aromatic nitrogens is 2. The highest BCUT2D eigenvalue weighted by atomic mass is 35.5. The molecule has 34 heavy (non-hydrogen) atoms. The summed E-state index contributed by atoms with van der Waals surface area (Å²) in [5.74, 6) is 0.0667. The first-order chi connectivity index (χ1) is 16.1. The Morgan fingerprint density at radius 2 is 1.85 bits per heavy atom. The minimum absolute atomic E-state index is 0.0816. The third-order valence-corrected chi connectivity index (χ3v) is 5.61. The summed E-state index contributed by atoms with van der Waals surface area (Å²) < 4.78 is 47.4.